The van der Waals surface area contributed by atoms with Gasteiger partial charge in [-0.1, -0.05) is 24.3 Å². The maximum absolute atomic E-state index is 3.25. The highest BCUT2D eigenvalue weighted by molar-refractivity contribution is 5.52. The molecule has 0 amide bonds. The zero-order valence-corrected chi connectivity index (χ0v) is 7.20. The van der Waals surface area contributed by atoms with E-state index in [-0.39, 0.29) is 0 Å². The molecule has 0 bridgehead atoms. The van der Waals surface area contributed by atoms with Gasteiger partial charge >= 0.3 is 0 Å². The third-order valence-electron chi connectivity index (χ3n) is 1.76. The van der Waals surface area contributed by atoms with Crippen molar-refractivity contribution >= 4 is 11.5 Å². The van der Waals surface area contributed by atoms with Gasteiger partial charge in [-0.15, -0.1) is 0 Å². The van der Waals surface area contributed by atoms with E-state index >= 15 is 0 Å². The summed E-state index contributed by atoms with van der Waals surface area (Å²) in [6.45, 7) is 0. The van der Waals surface area contributed by atoms with Crippen molar-refractivity contribution in [1.82, 2.24) is 0 Å². The van der Waals surface area contributed by atoms with Crippen LogP contribution in [0.3, 0.4) is 0 Å². The predicted molar refractivity (Wildman–Crippen MR) is 52.7 cm³/mol. The van der Waals surface area contributed by atoms with E-state index in [4.69, 9.17) is 0 Å². The van der Waals surface area contributed by atoms with Gasteiger partial charge in [-0.25, -0.2) is 10.3 Å². The first-order valence-electron chi connectivity index (χ1n) is 4.24. The van der Waals surface area contributed by atoms with E-state index in [1.54, 1.807) is 0 Å². The van der Waals surface area contributed by atoms with E-state index in [1.165, 1.54) is 0 Å². The van der Waals surface area contributed by atoms with Crippen molar-refractivity contribution in [2.75, 3.05) is 5.32 Å². The van der Waals surface area contributed by atoms with Crippen molar-refractivity contribution in [3.63, 3.8) is 0 Å². The predicted octanol–water partition coefficient (Wildman–Crippen LogP) is 2.24. The molecule has 2 aromatic rings. The molecule has 0 aliphatic rings. The molecule has 0 aliphatic heterocycles. The van der Waals surface area contributed by atoms with E-state index in [1.807, 2.05) is 54.7 Å². The van der Waals surface area contributed by atoms with Gasteiger partial charge in [0.05, 0.1) is 6.20 Å². The lowest BCUT2D eigenvalue weighted by atomic mass is 10.3. The third kappa shape index (κ3) is 2.06. The molecule has 1 aromatic heterocycles. The van der Waals surface area contributed by atoms with E-state index in [2.05, 4.69) is 10.3 Å². The van der Waals surface area contributed by atoms with Gasteiger partial charge < -0.3 is 0 Å². The minimum atomic E-state index is 0.994. The van der Waals surface area contributed by atoms with Gasteiger partial charge in [-0.3, -0.25) is 0 Å². The first-order valence-corrected chi connectivity index (χ1v) is 4.24. The zero-order chi connectivity index (χ0) is 8.93. The highest BCUT2D eigenvalue weighted by Gasteiger charge is 1.98. The van der Waals surface area contributed by atoms with Crippen molar-refractivity contribution in [2.24, 2.45) is 0 Å². The fraction of sp³-hybridized carbons (Fsp3) is 0. The lowest BCUT2D eigenvalue weighted by Gasteiger charge is -1.95. The maximum atomic E-state index is 3.25. The Morgan fingerprint density at radius 3 is 2.31 bits per heavy atom. The second-order valence-electron chi connectivity index (χ2n) is 2.77. The monoisotopic (exact) mass is 171 g/mol. The van der Waals surface area contributed by atoms with E-state index in [9.17, 15) is 0 Å². The molecule has 0 spiro atoms. The average molecular weight is 171 g/mol. The maximum Gasteiger partial charge on any atom is 0.277 e. The Morgan fingerprint density at radius 2 is 1.62 bits per heavy atom. The number of para-hydroxylation sites is 1. The van der Waals surface area contributed by atoms with Crippen LogP contribution in [0.15, 0.2) is 54.7 Å². The Labute approximate surface area is 77.3 Å². The smallest absolute Gasteiger partial charge is 0.248 e. The lowest BCUT2D eigenvalue weighted by molar-refractivity contribution is -0.360. The molecular weight excluding hydrogens is 160 g/mol. The summed E-state index contributed by atoms with van der Waals surface area (Å²) in [6, 6.07) is 16.0. The standard InChI is InChI=1S/C11H10N2/c1-2-6-10(7-3-1)13-11-8-4-5-9-12-11/h1-9H,(H,12,13)/p+1. The van der Waals surface area contributed by atoms with E-state index < -0.39 is 0 Å². The summed E-state index contributed by atoms with van der Waals surface area (Å²) in [5.41, 5.74) is 1.09. The molecule has 2 nitrogen and oxygen atoms in total. The van der Waals surface area contributed by atoms with Gasteiger partial charge in [0.15, 0.2) is 0 Å². The number of H-pyrrole nitrogens is 1. The Morgan fingerprint density at radius 1 is 0.846 bits per heavy atom. The molecule has 0 radical (unpaired) electrons. The molecular formula is C11H11N2+. The van der Waals surface area contributed by atoms with Gasteiger partial charge in [0.2, 0.25) is 0 Å². The molecule has 0 atom stereocenters. The van der Waals surface area contributed by atoms with Crippen molar-refractivity contribution < 1.29 is 4.98 Å². The number of pyridine rings is 1. The average Bonchev–Trinajstić information content (AvgIpc) is 2.21. The van der Waals surface area contributed by atoms with Gasteiger partial charge in [-0.2, -0.15) is 0 Å². The van der Waals surface area contributed by atoms with Crippen LogP contribution < -0.4 is 10.3 Å². The third-order valence-corrected chi connectivity index (χ3v) is 1.76. The van der Waals surface area contributed by atoms with Crippen molar-refractivity contribution in [3.8, 4) is 0 Å². The Kier molecular flexibility index (Phi) is 2.23. The topological polar surface area (TPSA) is 26.2 Å². The largest absolute Gasteiger partial charge is 0.277 e. The summed E-state index contributed by atoms with van der Waals surface area (Å²) in [5.74, 6) is 0.994. The zero-order valence-electron chi connectivity index (χ0n) is 7.20. The molecule has 0 unspecified atom stereocenters. The molecule has 2 heteroatoms. The Hall–Kier alpha value is -1.83. The number of nitrogens with one attached hydrogen (secondary N) is 2. The van der Waals surface area contributed by atoms with Crippen LogP contribution in [0.4, 0.5) is 11.5 Å². The summed E-state index contributed by atoms with van der Waals surface area (Å²) in [6.07, 6.45) is 1.89. The van der Waals surface area contributed by atoms with Crippen molar-refractivity contribution in [3.05, 3.63) is 54.7 Å². The molecule has 0 saturated carbocycles. The van der Waals surface area contributed by atoms with E-state index in [0.29, 0.717) is 0 Å². The number of aromatic nitrogens is 1. The second-order valence-corrected chi connectivity index (χ2v) is 2.77. The highest BCUT2D eigenvalue weighted by atomic mass is 15.0. The Bertz CT molecular complexity index is 319. The molecule has 2 N–H and O–H groups in total. The van der Waals surface area contributed by atoms with Gasteiger partial charge in [0.1, 0.15) is 5.69 Å². The fourth-order valence-corrected chi connectivity index (χ4v) is 1.15. The molecule has 64 valence electrons. The van der Waals surface area contributed by atoms with Gasteiger partial charge in [0.25, 0.3) is 5.82 Å². The molecule has 0 fully saturated rings. The van der Waals surface area contributed by atoms with Crippen LogP contribution in [0, 0.1) is 0 Å². The highest BCUT2D eigenvalue weighted by Crippen LogP contribution is 2.09. The quantitative estimate of drug-likeness (QED) is 0.736. The SMILES string of the molecule is c1ccc(Nc2cccc[nH+]2)cc1. The van der Waals surface area contributed by atoms with Crippen LogP contribution in [0.1, 0.15) is 0 Å². The van der Waals surface area contributed by atoms with Crippen molar-refractivity contribution in [1.29, 1.82) is 0 Å². The number of anilines is 2. The molecule has 1 aromatic carbocycles. The number of hydrogen-bond donors (Lipinski definition) is 1. The van der Waals surface area contributed by atoms with Crippen LogP contribution in [-0.2, 0) is 0 Å². The molecule has 2 rings (SSSR count). The lowest BCUT2D eigenvalue weighted by Crippen LogP contribution is -2.07. The second kappa shape index (κ2) is 3.72. The number of aromatic amines is 1. The molecule has 13 heavy (non-hydrogen) atoms. The first-order chi connectivity index (χ1) is 6.45. The van der Waals surface area contributed by atoms with Crippen LogP contribution >= 0.6 is 0 Å². The summed E-state index contributed by atoms with van der Waals surface area (Å²) in [5, 5.41) is 3.25. The van der Waals surface area contributed by atoms with Crippen LogP contribution in [0.5, 0.6) is 0 Å². The molecule has 0 aliphatic carbocycles. The summed E-state index contributed by atoms with van der Waals surface area (Å²) in [7, 11) is 0. The summed E-state index contributed by atoms with van der Waals surface area (Å²) >= 11 is 0. The summed E-state index contributed by atoms with van der Waals surface area (Å²) in [4.78, 5) is 3.11. The van der Waals surface area contributed by atoms with Gasteiger partial charge in [0, 0.05) is 6.07 Å². The molecule has 0 saturated heterocycles. The van der Waals surface area contributed by atoms with Crippen molar-refractivity contribution in [2.45, 2.75) is 0 Å². The number of benzene rings is 1. The first kappa shape index (κ1) is 7.80. The number of hydrogen-bond acceptors (Lipinski definition) is 1. The van der Waals surface area contributed by atoms with E-state index in [0.717, 1.165) is 11.5 Å². The van der Waals surface area contributed by atoms with Crippen LogP contribution in [0.25, 0.3) is 0 Å². The normalized spacial score (nSPS) is 9.54. The van der Waals surface area contributed by atoms with Crippen LogP contribution in [0.2, 0.25) is 0 Å². The minimum Gasteiger partial charge on any atom is -0.248 e. The summed E-state index contributed by atoms with van der Waals surface area (Å²) < 4.78 is 0. The Balaban J connectivity index is 2.16. The van der Waals surface area contributed by atoms with Crippen LogP contribution in [-0.4, -0.2) is 0 Å². The molecule has 1 heterocycles. The minimum absolute atomic E-state index is 0.994. The van der Waals surface area contributed by atoms with Gasteiger partial charge in [-0.05, 0) is 18.2 Å². The fourth-order valence-electron chi connectivity index (χ4n) is 1.15. The number of rotatable bonds is 2.